The third kappa shape index (κ3) is 3.22. The molecule has 29 heavy (non-hydrogen) atoms. The van der Waals surface area contributed by atoms with Crippen molar-refractivity contribution in [2.24, 2.45) is 16.7 Å². The molecule has 5 rings (SSSR count). The topological polar surface area (TPSA) is 27.7 Å². The number of aryl methyl sites for hydroxylation is 1. The minimum atomic E-state index is -0.0671. The normalized spacial score (nSPS) is 36.1. The van der Waals surface area contributed by atoms with Crippen LogP contribution in [-0.2, 0) is 15.9 Å². The first kappa shape index (κ1) is 19.2. The summed E-state index contributed by atoms with van der Waals surface area (Å²) in [6.07, 6.45) is 17.7. The predicted octanol–water partition coefficient (Wildman–Crippen LogP) is 6.28. The van der Waals surface area contributed by atoms with E-state index in [1.54, 1.807) is 7.11 Å². The van der Waals surface area contributed by atoms with E-state index in [0.29, 0.717) is 11.3 Å². The molecule has 3 aliphatic carbocycles. The van der Waals surface area contributed by atoms with Crippen molar-refractivity contribution in [1.29, 1.82) is 0 Å². The van der Waals surface area contributed by atoms with Gasteiger partial charge in [0.25, 0.3) is 0 Å². The Morgan fingerprint density at radius 2 is 2.07 bits per heavy atom. The smallest absolute Gasteiger partial charge is 0.198 e. The molecule has 0 N–H and O–H groups in total. The molecule has 1 aliphatic heterocycles. The Kier molecular flexibility index (Phi) is 4.98. The number of methoxy groups -OCH3 is 1. The molecule has 3 nitrogen and oxygen atoms in total. The molecule has 2 fully saturated rings. The standard InChI is InChI=1S/C26H34O3/c1-25-12-5-6-23(25)26(15-17-29-24-7-3-4-16-28-24)14-10-19-18-20(27-2)8-9-21(19)22(26)11-13-25/h8-9,11,15,17-18,23-24H,3-7,10,12-14,16H2,1-2H3/t23-,24?,25+,26+/m1/s1. The maximum absolute atomic E-state index is 6.09. The highest BCUT2D eigenvalue weighted by Gasteiger charge is 2.55. The summed E-state index contributed by atoms with van der Waals surface area (Å²) in [4.78, 5) is 0. The molecule has 4 atom stereocenters. The van der Waals surface area contributed by atoms with Gasteiger partial charge < -0.3 is 14.2 Å². The second kappa shape index (κ2) is 7.50. The zero-order valence-electron chi connectivity index (χ0n) is 17.9. The number of allylic oxidation sites excluding steroid dienone is 3. The Hall–Kier alpha value is -1.74. The lowest BCUT2D eigenvalue weighted by Gasteiger charge is -2.52. The largest absolute Gasteiger partial charge is 0.497 e. The van der Waals surface area contributed by atoms with Gasteiger partial charge in [-0.2, -0.15) is 0 Å². The molecule has 1 unspecified atom stereocenters. The molecule has 1 aromatic carbocycles. The van der Waals surface area contributed by atoms with Gasteiger partial charge in [0.1, 0.15) is 5.75 Å². The van der Waals surface area contributed by atoms with Crippen molar-refractivity contribution in [3.8, 4) is 5.75 Å². The van der Waals surface area contributed by atoms with Gasteiger partial charge in [0.15, 0.2) is 6.29 Å². The van der Waals surface area contributed by atoms with Crippen LogP contribution in [-0.4, -0.2) is 20.0 Å². The molecule has 1 saturated heterocycles. The highest BCUT2D eigenvalue weighted by Crippen LogP contribution is 2.65. The molecule has 3 heteroatoms. The average molecular weight is 395 g/mol. The summed E-state index contributed by atoms with van der Waals surface area (Å²) in [7, 11) is 1.76. The van der Waals surface area contributed by atoms with E-state index in [4.69, 9.17) is 14.2 Å². The summed E-state index contributed by atoms with van der Waals surface area (Å²) >= 11 is 0. The lowest BCUT2D eigenvalue weighted by atomic mass is 9.52. The minimum absolute atomic E-state index is 0.0671. The number of hydrogen-bond donors (Lipinski definition) is 0. The van der Waals surface area contributed by atoms with Gasteiger partial charge in [-0.3, -0.25) is 0 Å². The molecule has 4 aliphatic rings. The first-order chi connectivity index (χ1) is 14.1. The van der Waals surface area contributed by atoms with Crippen molar-refractivity contribution in [3.05, 3.63) is 47.7 Å². The fourth-order valence-corrected chi connectivity index (χ4v) is 6.60. The van der Waals surface area contributed by atoms with Gasteiger partial charge in [0.05, 0.1) is 20.0 Å². The molecule has 1 aromatic rings. The highest BCUT2D eigenvalue weighted by molar-refractivity contribution is 5.78. The Balaban J connectivity index is 1.51. The van der Waals surface area contributed by atoms with Gasteiger partial charge in [-0.1, -0.05) is 25.5 Å². The quantitative estimate of drug-likeness (QED) is 0.563. The van der Waals surface area contributed by atoms with Crippen LogP contribution < -0.4 is 4.74 Å². The van der Waals surface area contributed by atoms with Gasteiger partial charge in [0, 0.05) is 11.8 Å². The zero-order chi connectivity index (χ0) is 19.9. The molecule has 0 spiro atoms. The molecular weight excluding hydrogens is 360 g/mol. The molecule has 1 saturated carbocycles. The van der Waals surface area contributed by atoms with Crippen LogP contribution in [0.15, 0.2) is 36.6 Å². The van der Waals surface area contributed by atoms with Crippen LogP contribution in [0, 0.1) is 16.7 Å². The van der Waals surface area contributed by atoms with Gasteiger partial charge in [-0.25, -0.2) is 0 Å². The monoisotopic (exact) mass is 394 g/mol. The minimum Gasteiger partial charge on any atom is -0.497 e. The fourth-order valence-electron chi connectivity index (χ4n) is 6.60. The summed E-state index contributed by atoms with van der Waals surface area (Å²) in [6, 6.07) is 6.64. The second-order valence-electron chi connectivity index (χ2n) is 9.72. The van der Waals surface area contributed by atoms with E-state index in [2.05, 4.69) is 37.3 Å². The van der Waals surface area contributed by atoms with E-state index < -0.39 is 0 Å². The number of rotatable bonds is 4. The first-order valence-corrected chi connectivity index (χ1v) is 11.5. The van der Waals surface area contributed by atoms with Crippen molar-refractivity contribution in [1.82, 2.24) is 0 Å². The van der Waals surface area contributed by atoms with E-state index >= 15 is 0 Å². The summed E-state index contributed by atoms with van der Waals surface area (Å²) in [5.74, 6) is 1.66. The van der Waals surface area contributed by atoms with E-state index in [0.717, 1.165) is 38.0 Å². The third-order valence-electron chi connectivity index (χ3n) is 8.12. The number of fused-ring (bicyclic) bond motifs is 5. The predicted molar refractivity (Wildman–Crippen MR) is 116 cm³/mol. The first-order valence-electron chi connectivity index (χ1n) is 11.5. The Morgan fingerprint density at radius 3 is 2.90 bits per heavy atom. The van der Waals surface area contributed by atoms with E-state index in [1.807, 2.05) is 6.26 Å². The summed E-state index contributed by atoms with van der Waals surface area (Å²) in [5.41, 5.74) is 4.87. The van der Waals surface area contributed by atoms with E-state index in [9.17, 15) is 0 Å². The summed E-state index contributed by atoms with van der Waals surface area (Å²) in [6.45, 7) is 3.34. The molecule has 0 bridgehead atoms. The lowest BCUT2D eigenvalue weighted by molar-refractivity contribution is -0.130. The van der Waals surface area contributed by atoms with Gasteiger partial charge in [-0.05, 0) is 91.2 Å². The molecule has 0 aromatic heterocycles. The average Bonchev–Trinajstić information content (AvgIpc) is 3.16. The maximum Gasteiger partial charge on any atom is 0.198 e. The molecule has 0 amide bonds. The zero-order valence-corrected chi connectivity index (χ0v) is 17.9. The number of ether oxygens (including phenoxy) is 3. The molecule has 156 valence electrons. The fraction of sp³-hybridized carbons (Fsp3) is 0.615. The maximum atomic E-state index is 6.09. The van der Waals surface area contributed by atoms with Gasteiger partial charge >= 0.3 is 0 Å². The van der Waals surface area contributed by atoms with Gasteiger partial charge in [-0.15, -0.1) is 0 Å². The summed E-state index contributed by atoms with van der Waals surface area (Å²) < 4.78 is 17.4. The van der Waals surface area contributed by atoms with E-state index in [-0.39, 0.29) is 11.7 Å². The molecule has 1 heterocycles. The van der Waals surface area contributed by atoms with Crippen LogP contribution >= 0.6 is 0 Å². The van der Waals surface area contributed by atoms with E-state index in [1.165, 1.54) is 48.8 Å². The van der Waals surface area contributed by atoms with Crippen molar-refractivity contribution >= 4 is 5.57 Å². The van der Waals surface area contributed by atoms with Gasteiger partial charge in [0.2, 0.25) is 0 Å². The second-order valence-corrected chi connectivity index (χ2v) is 9.72. The summed E-state index contributed by atoms with van der Waals surface area (Å²) in [5, 5.41) is 0. The van der Waals surface area contributed by atoms with Crippen LogP contribution in [0.5, 0.6) is 5.75 Å². The van der Waals surface area contributed by atoms with Crippen LogP contribution in [0.1, 0.15) is 69.4 Å². The Labute approximate surface area is 175 Å². The highest BCUT2D eigenvalue weighted by atomic mass is 16.7. The van der Waals surface area contributed by atoms with Crippen LogP contribution in [0.4, 0.5) is 0 Å². The van der Waals surface area contributed by atoms with Crippen molar-refractivity contribution in [3.63, 3.8) is 0 Å². The van der Waals surface area contributed by atoms with Crippen LogP contribution in [0.3, 0.4) is 0 Å². The van der Waals surface area contributed by atoms with Crippen LogP contribution in [0.25, 0.3) is 5.57 Å². The Bertz CT molecular complexity index is 819. The number of benzene rings is 1. The SMILES string of the molecule is COc1ccc2c(c1)CC[C@]1(C=COC3CCCCO3)C2=CC[C@]2(C)CCC[C@H]21. The number of hydrogen-bond acceptors (Lipinski definition) is 3. The van der Waals surface area contributed by atoms with Crippen molar-refractivity contribution in [2.75, 3.05) is 13.7 Å². The Morgan fingerprint density at radius 1 is 1.14 bits per heavy atom. The van der Waals surface area contributed by atoms with Crippen molar-refractivity contribution in [2.45, 2.75) is 71.0 Å². The van der Waals surface area contributed by atoms with Crippen molar-refractivity contribution < 1.29 is 14.2 Å². The lowest BCUT2D eigenvalue weighted by Crippen LogP contribution is -2.43. The van der Waals surface area contributed by atoms with Crippen LogP contribution in [0.2, 0.25) is 0 Å². The molecule has 0 radical (unpaired) electrons. The molecular formula is C26H34O3. The third-order valence-corrected chi connectivity index (χ3v) is 8.12.